The van der Waals surface area contributed by atoms with Crippen LogP contribution in [0.25, 0.3) is 22.5 Å². The molecule has 178 valence electrons. The molecule has 2 N–H and O–H groups in total. The number of H-pyrrole nitrogens is 1. The molecule has 8 heteroatoms. The van der Waals surface area contributed by atoms with Crippen LogP contribution in [0.15, 0.2) is 78.9 Å². The Hall–Kier alpha value is -4.33. The SMILES string of the molecule is CCCCC(=O)N(Cc1ccc(-c2ccccc2-c2nn[nH]n2)cc1)C(C(=O)O)c1ccccc1. The van der Waals surface area contributed by atoms with Crippen molar-refractivity contribution in [3.63, 3.8) is 0 Å². The van der Waals surface area contributed by atoms with Crippen LogP contribution in [0.3, 0.4) is 0 Å². The van der Waals surface area contributed by atoms with Crippen LogP contribution in [0.1, 0.15) is 43.4 Å². The Balaban J connectivity index is 1.63. The Bertz CT molecular complexity index is 1260. The zero-order valence-corrected chi connectivity index (χ0v) is 19.5. The normalized spacial score (nSPS) is 11.7. The van der Waals surface area contributed by atoms with Gasteiger partial charge in [0.2, 0.25) is 11.7 Å². The topological polar surface area (TPSA) is 112 Å². The number of nitrogens with zero attached hydrogens (tertiary/aromatic N) is 4. The Morgan fingerprint density at radius 2 is 1.63 bits per heavy atom. The van der Waals surface area contributed by atoms with Crippen molar-refractivity contribution in [3.05, 3.63) is 90.0 Å². The first-order chi connectivity index (χ1) is 17.1. The summed E-state index contributed by atoms with van der Waals surface area (Å²) in [6.45, 7) is 2.20. The van der Waals surface area contributed by atoms with Crippen molar-refractivity contribution in [1.29, 1.82) is 0 Å². The highest BCUT2D eigenvalue weighted by Gasteiger charge is 2.31. The molecular formula is C27H27N5O3. The van der Waals surface area contributed by atoms with Gasteiger partial charge >= 0.3 is 5.97 Å². The highest BCUT2D eigenvalue weighted by Crippen LogP contribution is 2.31. The largest absolute Gasteiger partial charge is 0.479 e. The maximum atomic E-state index is 13.1. The molecule has 1 aromatic heterocycles. The third-order valence-electron chi connectivity index (χ3n) is 5.86. The molecule has 0 saturated carbocycles. The molecular weight excluding hydrogens is 442 g/mol. The number of unbranched alkanes of at least 4 members (excludes halogenated alkanes) is 1. The van der Waals surface area contributed by atoms with Crippen molar-refractivity contribution < 1.29 is 14.7 Å². The molecule has 1 heterocycles. The molecule has 8 nitrogen and oxygen atoms in total. The number of rotatable bonds is 10. The molecule has 3 aromatic carbocycles. The summed E-state index contributed by atoms with van der Waals surface area (Å²) < 4.78 is 0. The van der Waals surface area contributed by atoms with Gasteiger partial charge in [0.25, 0.3) is 0 Å². The van der Waals surface area contributed by atoms with Crippen LogP contribution < -0.4 is 0 Å². The van der Waals surface area contributed by atoms with E-state index in [0.717, 1.165) is 28.7 Å². The summed E-state index contributed by atoms with van der Waals surface area (Å²) in [7, 11) is 0. The lowest BCUT2D eigenvalue weighted by Gasteiger charge is -2.30. The number of amides is 1. The molecule has 1 unspecified atom stereocenters. The van der Waals surface area contributed by atoms with Gasteiger partial charge in [0, 0.05) is 18.5 Å². The molecule has 0 bridgehead atoms. The zero-order chi connectivity index (χ0) is 24.6. The van der Waals surface area contributed by atoms with Gasteiger partial charge in [0.1, 0.15) is 0 Å². The number of tetrazole rings is 1. The van der Waals surface area contributed by atoms with Crippen molar-refractivity contribution >= 4 is 11.9 Å². The minimum Gasteiger partial charge on any atom is -0.479 e. The molecule has 4 rings (SSSR count). The number of hydrogen-bond acceptors (Lipinski definition) is 5. The number of carbonyl (C=O) groups excluding carboxylic acids is 1. The van der Waals surface area contributed by atoms with E-state index in [9.17, 15) is 14.7 Å². The van der Waals surface area contributed by atoms with Gasteiger partial charge in [-0.15, -0.1) is 10.2 Å². The van der Waals surface area contributed by atoms with Gasteiger partial charge in [-0.1, -0.05) is 92.2 Å². The second kappa shape index (κ2) is 11.2. The number of hydrogen-bond donors (Lipinski definition) is 2. The number of aromatic amines is 1. The molecule has 0 radical (unpaired) electrons. The molecule has 0 fully saturated rings. The number of aliphatic carboxylic acids is 1. The third kappa shape index (κ3) is 5.60. The maximum absolute atomic E-state index is 13.1. The number of aromatic nitrogens is 4. The molecule has 35 heavy (non-hydrogen) atoms. The molecule has 4 aromatic rings. The lowest BCUT2D eigenvalue weighted by molar-refractivity contribution is -0.151. The summed E-state index contributed by atoms with van der Waals surface area (Å²) in [5, 5.41) is 24.4. The van der Waals surface area contributed by atoms with E-state index in [2.05, 4.69) is 20.6 Å². The third-order valence-corrected chi connectivity index (χ3v) is 5.86. The van der Waals surface area contributed by atoms with Gasteiger partial charge in [-0.05, 0) is 33.9 Å². The van der Waals surface area contributed by atoms with Crippen LogP contribution in [0.5, 0.6) is 0 Å². The first-order valence-electron chi connectivity index (χ1n) is 11.6. The van der Waals surface area contributed by atoms with E-state index >= 15 is 0 Å². The first kappa shape index (κ1) is 23.8. The standard InChI is InChI=1S/C27H27N5O3/c1-2-3-13-24(33)32(25(27(34)35)21-9-5-4-6-10-21)18-19-14-16-20(17-15-19)22-11-7-8-12-23(22)26-28-30-31-29-26/h4-12,14-17,25H,2-3,13,18H2,1H3,(H,34,35)(H,28,29,30,31). The molecule has 0 saturated heterocycles. The van der Waals surface area contributed by atoms with E-state index in [4.69, 9.17) is 0 Å². The van der Waals surface area contributed by atoms with Gasteiger partial charge < -0.3 is 10.0 Å². The Morgan fingerprint density at radius 3 is 2.26 bits per heavy atom. The number of carbonyl (C=O) groups is 2. The number of carboxylic acid groups (broad SMARTS) is 1. The summed E-state index contributed by atoms with van der Waals surface area (Å²) in [6, 6.07) is 23.4. The molecule has 1 atom stereocenters. The van der Waals surface area contributed by atoms with Gasteiger partial charge in [-0.25, -0.2) is 4.79 Å². The van der Waals surface area contributed by atoms with Crippen LogP contribution in [-0.4, -0.2) is 42.5 Å². The van der Waals surface area contributed by atoms with Crippen molar-refractivity contribution in [3.8, 4) is 22.5 Å². The zero-order valence-electron chi connectivity index (χ0n) is 19.5. The molecule has 0 aliphatic heterocycles. The second-order valence-corrected chi connectivity index (χ2v) is 8.25. The average Bonchev–Trinajstić information content (AvgIpc) is 3.43. The number of carboxylic acids is 1. The quantitative estimate of drug-likeness (QED) is 0.342. The summed E-state index contributed by atoms with van der Waals surface area (Å²) in [4.78, 5) is 26.9. The Labute approximate surface area is 203 Å². The average molecular weight is 470 g/mol. The van der Waals surface area contributed by atoms with Gasteiger partial charge in [0.05, 0.1) is 0 Å². The number of nitrogens with one attached hydrogen (secondary N) is 1. The van der Waals surface area contributed by atoms with Crippen molar-refractivity contribution in [2.45, 2.75) is 38.8 Å². The fourth-order valence-corrected chi connectivity index (χ4v) is 4.08. The predicted octanol–water partition coefficient (Wildman–Crippen LogP) is 4.88. The van der Waals surface area contributed by atoms with Crippen molar-refractivity contribution in [2.24, 2.45) is 0 Å². The molecule has 0 spiro atoms. The summed E-state index contributed by atoms with van der Waals surface area (Å²) in [5.41, 5.74) is 4.17. The highest BCUT2D eigenvalue weighted by atomic mass is 16.4. The van der Waals surface area contributed by atoms with Crippen molar-refractivity contribution in [1.82, 2.24) is 25.5 Å². The summed E-state index contributed by atoms with van der Waals surface area (Å²) >= 11 is 0. The maximum Gasteiger partial charge on any atom is 0.331 e. The van der Waals surface area contributed by atoms with Crippen LogP contribution in [0.4, 0.5) is 0 Å². The smallest absolute Gasteiger partial charge is 0.331 e. The molecule has 0 aliphatic carbocycles. The Kier molecular flexibility index (Phi) is 7.62. The van der Waals surface area contributed by atoms with Crippen LogP contribution in [-0.2, 0) is 16.1 Å². The van der Waals surface area contributed by atoms with E-state index in [-0.39, 0.29) is 12.5 Å². The highest BCUT2D eigenvalue weighted by molar-refractivity contribution is 5.85. The minimum atomic E-state index is -1.06. The van der Waals surface area contributed by atoms with Gasteiger partial charge in [-0.2, -0.15) is 5.21 Å². The van der Waals surface area contributed by atoms with E-state index in [1.807, 2.05) is 61.5 Å². The fraction of sp³-hybridized carbons (Fsp3) is 0.222. The molecule has 1 amide bonds. The van der Waals surface area contributed by atoms with E-state index in [0.29, 0.717) is 24.2 Å². The van der Waals surface area contributed by atoms with Crippen molar-refractivity contribution in [2.75, 3.05) is 0 Å². The lowest BCUT2D eigenvalue weighted by atomic mass is 9.97. The van der Waals surface area contributed by atoms with Gasteiger partial charge in [0.15, 0.2) is 6.04 Å². The van der Waals surface area contributed by atoms with Crippen LogP contribution in [0, 0.1) is 0 Å². The van der Waals surface area contributed by atoms with Gasteiger partial charge in [-0.3, -0.25) is 4.79 Å². The van der Waals surface area contributed by atoms with Crippen LogP contribution >= 0.6 is 0 Å². The second-order valence-electron chi connectivity index (χ2n) is 8.25. The first-order valence-corrected chi connectivity index (χ1v) is 11.6. The molecule has 0 aliphatic rings. The predicted molar refractivity (Wildman–Crippen MR) is 132 cm³/mol. The minimum absolute atomic E-state index is 0.172. The monoisotopic (exact) mass is 469 g/mol. The van der Waals surface area contributed by atoms with E-state index in [1.165, 1.54) is 4.90 Å². The number of benzene rings is 3. The lowest BCUT2D eigenvalue weighted by Crippen LogP contribution is -2.38. The van der Waals surface area contributed by atoms with Crippen LogP contribution in [0.2, 0.25) is 0 Å². The van der Waals surface area contributed by atoms with E-state index in [1.54, 1.807) is 24.3 Å². The fourth-order valence-electron chi connectivity index (χ4n) is 4.08. The Morgan fingerprint density at radius 1 is 0.943 bits per heavy atom. The summed E-state index contributed by atoms with van der Waals surface area (Å²) in [6.07, 6.45) is 1.88. The van der Waals surface area contributed by atoms with E-state index < -0.39 is 12.0 Å². The summed E-state index contributed by atoms with van der Waals surface area (Å²) in [5.74, 6) is -0.717.